The molecule has 4 rings (SSSR count). The summed E-state index contributed by atoms with van der Waals surface area (Å²) in [6.07, 6.45) is 3.91. The van der Waals surface area contributed by atoms with Crippen molar-refractivity contribution in [2.75, 3.05) is 38.1 Å². The highest BCUT2D eigenvalue weighted by molar-refractivity contribution is 5.96. The van der Waals surface area contributed by atoms with E-state index < -0.39 is 17.2 Å². The number of alkyl carbamates (subject to hydrolysis) is 1. The highest BCUT2D eigenvalue weighted by Crippen LogP contribution is 2.22. The Hall–Kier alpha value is -4.71. The lowest BCUT2D eigenvalue weighted by Gasteiger charge is -2.22. The summed E-state index contributed by atoms with van der Waals surface area (Å²) in [5.41, 5.74) is 1.76. The molecule has 12 heteroatoms. The van der Waals surface area contributed by atoms with E-state index in [4.69, 9.17) is 14.2 Å². The standard InChI is InChI=1S/C34H44N6O6/c1-33(2,3)45-29(41)21-35-30(42)24-9-7-23(8-10-24)25-19-36-31(37-20-25)38-26-11-13-28(14-12-26)44-18-17-40-16-15-27(22-40)39-32(43)46-34(4,5)6/h7-14,19-20,27H,15-18,21-22H2,1-6H3,(H,35,42)(H,39,43)(H,36,37,38). The summed E-state index contributed by atoms with van der Waals surface area (Å²) in [5, 5.41) is 8.70. The van der Waals surface area contributed by atoms with Gasteiger partial charge in [0.2, 0.25) is 5.95 Å². The number of benzene rings is 2. The third-order valence-corrected chi connectivity index (χ3v) is 6.73. The number of rotatable bonds is 11. The highest BCUT2D eigenvalue weighted by atomic mass is 16.6. The minimum atomic E-state index is -0.609. The fraction of sp³-hybridized carbons (Fsp3) is 0.441. The van der Waals surface area contributed by atoms with Crippen molar-refractivity contribution < 1.29 is 28.6 Å². The van der Waals surface area contributed by atoms with Crippen LogP contribution in [0.2, 0.25) is 0 Å². The van der Waals surface area contributed by atoms with Crippen molar-refractivity contribution in [2.24, 2.45) is 0 Å². The highest BCUT2D eigenvalue weighted by Gasteiger charge is 2.26. The van der Waals surface area contributed by atoms with Crippen LogP contribution in [0.25, 0.3) is 11.1 Å². The second-order valence-electron chi connectivity index (χ2n) is 13.1. The van der Waals surface area contributed by atoms with E-state index in [-0.39, 0.29) is 24.6 Å². The average Bonchev–Trinajstić information content (AvgIpc) is 3.42. The van der Waals surface area contributed by atoms with E-state index in [1.807, 2.05) is 45.0 Å². The SMILES string of the molecule is CC(C)(C)OC(=O)CNC(=O)c1ccc(-c2cnc(Nc3ccc(OCCN4CCC(NC(=O)OC(C)(C)C)C4)cc3)nc2)cc1. The molecule has 2 heterocycles. The van der Waals surface area contributed by atoms with Gasteiger partial charge in [0, 0.05) is 54.9 Å². The maximum atomic E-state index is 12.4. The minimum absolute atomic E-state index is 0.0776. The molecular weight excluding hydrogens is 588 g/mol. The van der Waals surface area contributed by atoms with Crippen molar-refractivity contribution >= 4 is 29.6 Å². The second kappa shape index (κ2) is 15.0. The van der Waals surface area contributed by atoms with Crippen LogP contribution in [0.5, 0.6) is 5.75 Å². The molecule has 1 aliphatic rings. The largest absolute Gasteiger partial charge is 0.492 e. The van der Waals surface area contributed by atoms with E-state index in [2.05, 4.69) is 30.8 Å². The first-order chi connectivity index (χ1) is 21.7. The van der Waals surface area contributed by atoms with Gasteiger partial charge in [0.25, 0.3) is 5.91 Å². The number of nitrogens with one attached hydrogen (secondary N) is 3. The molecule has 12 nitrogen and oxygen atoms in total. The summed E-state index contributed by atoms with van der Waals surface area (Å²) in [6.45, 7) is 13.6. The van der Waals surface area contributed by atoms with Crippen molar-refractivity contribution in [3.05, 3.63) is 66.5 Å². The number of likely N-dealkylation sites (tertiary alicyclic amines) is 1. The third kappa shape index (κ3) is 11.3. The molecular formula is C34H44N6O6. The number of ether oxygens (including phenoxy) is 3. The monoisotopic (exact) mass is 632 g/mol. The maximum absolute atomic E-state index is 12.4. The van der Waals surface area contributed by atoms with Gasteiger partial charge in [0.15, 0.2) is 0 Å². The van der Waals surface area contributed by atoms with Crippen molar-refractivity contribution in [2.45, 2.75) is 65.2 Å². The number of aromatic nitrogens is 2. The van der Waals surface area contributed by atoms with Gasteiger partial charge in [-0.3, -0.25) is 14.5 Å². The van der Waals surface area contributed by atoms with Gasteiger partial charge in [-0.2, -0.15) is 0 Å². The lowest BCUT2D eigenvalue weighted by Crippen LogP contribution is -2.40. The van der Waals surface area contributed by atoms with E-state index in [1.54, 1.807) is 57.4 Å². The molecule has 2 aromatic carbocycles. The zero-order valence-electron chi connectivity index (χ0n) is 27.4. The van der Waals surface area contributed by atoms with E-state index in [0.29, 0.717) is 18.1 Å². The molecule has 1 atom stereocenters. The molecule has 0 spiro atoms. The van der Waals surface area contributed by atoms with Gasteiger partial charge < -0.3 is 30.2 Å². The number of carbonyl (C=O) groups is 3. The van der Waals surface area contributed by atoms with Gasteiger partial charge in [0.05, 0.1) is 0 Å². The summed E-state index contributed by atoms with van der Waals surface area (Å²) in [4.78, 5) is 47.4. The topological polar surface area (TPSA) is 144 Å². The lowest BCUT2D eigenvalue weighted by atomic mass is 10.1. The lowest BCUT2D eigenvalue weighted by molar-refractivity contribution is -0.153. The molecule has 2 amide bonds. The number of amides is 2. The average molecular weight is 633 g/mol. The van der Waals surface area contributed by atoms with E-state index in [1.165, 1.54) is 0 Å². The maximum Gasteiger partial charge on any atom is 0.407 e. The Morgan fingerprint density at radius 3 is 2.15 bits per heavy atom. The smallest absolute Gasteiger partial charge is 0.407 e. The fourth-order valence-electron chi connectivity index (χ4n) is 4.67. The van der Waals surface area contributed by atoms with Gasteiger partial charge in [-0.25, -0.2) is 14.8 Å². The Labute approximate surface area is 270 Å². The Morgan fingerprint density at radius 1 is 0.870 bits per heavy atom. The molecule has 1 fully saturated rings. The van der Waals surface area contributed by atoms with Crippen molar-refractivity contribution in [1.29, 1.82) is 0 Å². The zero-order valence-corrected chi connectivity index (χ0v) is 27.4. The molecule has 0 aliphatic carbocycles. The first-order valence-corrected chi connectivity index (χ1v) is 15.4. The summed E-state index contributed by atoms with van der Waals surface area (Å²) < 4.78 is 16.5. The van der Waals surface area contributed by atoms with Crippen LogP contribution in [0, 0.1) is 0 Å². The van der Waals surface area contributed by atoms with Gasteiger partial charge in [-0.05, 0) is 89.9 Å². The normalized spacial score (nSPS) is 15.1. The summed E-state index contributed by atoms with van der Waals surface area (Å²) in [5.74, 6) is 0.344. The number of hydrogen-bond donors (Lipinski definition) is 3. The summed E-state index contributed by atoms with van der Waals surface area (Å²) in [7, 11) is 0. The van der Waals surface area contributed by atoms with Crippen molar-refractivity contribution in [1.82, 2.24) is 25.5 Å². The fourth-order valence-corrected chi connectivity index (χ4v) is 4.67. The van der Waals surface area contributed by atoms with Gasteiger partial charge >= 0.3 is 12.1 Å². The number of hydrogen-bond acceptors (Lipinski definition) is 10. The Kier molecular flexibility index (Phi) is 11.2. The third-order valence-electron chi connectivity index (χ3n) is 6.73. The van der Waals surface area contributed by atoms with Crippen LogP contribution in [0.3, 0.4) is 0 Å². The molecule has 3 N–H and O–H groups in total. The van der Waals surface area contributed by atoms with Gasteiger partial charge in [0.1, 0.15) is 30.1 Å². The number of anilines is 2. The quantitative estimate of drug-likeness (QED) is 0.249. The molecule has 1 aliphatic heterocycles. The van der Waals surface area contributed by atoms with Gasteiger partial charge in [-0.15, -0.1) is 0 Å². The predicted octanol–water partition coefficient (Wildman–Crippen LogP) is 4.94. The van der Waals surface area contributed by atoms with E-state index in [0.717, 1.165) is 48.6 Å². The number of carbonyl (C=O) groups excluding carboxylic acids is 3. The van der Waals surface area contributed by atoms with Crippen LogP contribution >= 0.6 is 0 Å². The molecule has 246 valence electrons. The minimum Gasteiger partial charge on any atom is -0.492 e. The Bertz CT molecular complexity index is 1460. The van der Waals surface area contributed by atoms with E-state index >= 15 is 0 Å². The summed E-state index contributed by atoms with van der Waals surface area (Å²) in [6, 6.07) is 14.6. The molecule has 1 unspecified atom stereocenters. The molecule has 1 aromatic heterocycles. The first-order valence-electron chi connectivity index (χ1n) is 15.4. The van der Waals surface area contributed by atoms with Crippen LogP contribution in [0.1, 0.15) is 58.3 Å². The van der Waals surface area contributed by atoms with E-state index in [9.17, 15) is 14.4 Å². The van der Waals surface area contributed by atoms with Crippen LogP contribution in [-0.2, 0) is 14.3 Å². The second-order valence-corrected chi connectivity index (χ2v) is 13.1. The first kappa shape index (κ1) is 34.2. The number of esters is 1. The van der Waals surface area contributed by atoms with Crippen LogP contribution in [0.15, 0.2) is 60.9 Å². The van der Waals surface area contributed by atoms with Crippen LogP contribution in [-0.4, -0.2) is 82.9 Å². The molecule has 3 aromatic rings. The number of nitrogens with zero attached hydrogens (tertiary/aromatic N) is 3. The van der Waals surface area contributed by atoms with Crippen molar-refractivity contribution in [3.8, 4) is 16.9 Å². The van der Waals surface area contributed by atoms with Crippen LogP contribution < -0.4 is 20.7 Å². The van der Waals surface area contributed by atoms with Gasteiger partial charge in [-0.1, -0.05) is 12.1 Å². The van der Waals surface area contributed by atoms with Crippen LogP contribution in [0.4, 0.5) is 16.4 Å². The Balaban J connectivity index is 1.18. The molecule has 1 saturated heterocycles. The van der Waals surface area contributed by atoms with Crippen molar-refractivity contribution in [3.63, 3.8) is 0 Å². The molecule has 0 saturated carbocycles. The molecule has 0 bridgehead atoms. The summed E-state index contributed by atoms with van der Waals surface area (Å²) >= 11 is 0. The predicted molar refractivity (Wildman–Crippen MR) is 175 cm³/mol. The zero-order chi connectivity index (χ0) is 33.3. The Morgan fingerprint density at radius 2 is 1.52 bits per heavy atom. The molecule has 46 heavy (non-hydrogen) atoms. The molecule has 0 radical (unpaired) electrons.